The van der Waals surface area contributed by atoms with Crippen molar-refractivity contribution in [2.24, 2.45) is 0 Å². The van der Waals surface area contributed by atoms with E-state index in [4.69, 9.17) is 10.8 Å². The highest BCUT2D eigenvalue weighted by Crippen LogP contribution is 2.34. The number of sulfone groups is 1. The highest BCUT2D eigenvalue weighted by atomic mass is 32.2. The van der Waals surface area contributed by atoms with E-state index in [1.165, 1.54) is 6.33 Å². The molecule has 0 bridgehead atoms. The van der Waals surface area contributed by atoms with E-state index in [0.29, 0.717) is 11.5 Å². The van der Waals surface area contributed by atoms with Crippen molar-refractivity contribution in [1.82, 2.24) is 14.5 Å². The van der Waals surface area contributed by atoms with Gasteiger partial charge in [-0.25, -0.2) is 18.4 Å². The van der Waals surface area contributed by atoms with Crippen molar-refractivity contribution in [2.75, 3.05) is 18.1 Å². The number of hydrogen-bond acceptors (Lipinski definition) is 6. The largest absolute Gasteiger partial charge is 0.396 e. The third-order valence-electron chi connectivity index (χ3n) is 4.74. The van der Waals surface area contributed by atoms with Crippen LogP contribution in [0.1, 0.15) is 6.42 Å². The lowest BCUT2D eigenvalue weighted by Gasteiger charge is -2.07. The Hall–Kier alpha value is -3.23. The number of anilines is 1. The van der Waals surface area contributed by atoms with E-state index in [2.05, 4.69) is 9.97 Å². The molecule has 4 rings (SSSR count). The van der Waals surface area contributed by atoms with Crippen molar-refractivity contribution in [1.29, 1.82) is 0 Å². The maximum Gasteiger partial charge on any atom is 0.178 e. The first-order valence-electron chi connectivity index (χ1n) is 9.12. The molecule has 29 heavy (non-hydrogen) atoms. The molecule has 0 aliphatic carbocycles. The zero-order valence-electron chi connectivity index (χ0n) is 15.6. The minimum atomic E-state index is -3.42. The standard InChI is InChI=1S/C21H20N4O3S/c22-20-19-18(15-5-2-1-3-6-15)13-25(21(19)24-14-23-20)16-7-9-17(10-8-16)29(27,28)12-4-11-26/h1-3,5-10,13-14,26H,4,11-12H2,(H2,22,23,24). The Morgan fingerprint density at radius 2 is 1.72 bits per heavy atom. The fourth-order valence-corrected chi connectivity index (χ4v) is 4.60. The summed E-state index contributed by atoms with van der Waals surface area (Å²) in [7, 11) is -3.42. The van der Waals surface area contributed by atoms with Gasteiger partial charge < -0.3 is 15.4 Å². The van der Waals surface area contributed by atoms with Gasteiger partial charge in [0.1, 0.15) is 12.1 Å². The van der Waals surface area contributed by atoms with Crippen molar-refractivity contribution in [3.05, 3.63) is 67.1 Å². The predicted molar refractivity (Wildman–Crippen MR) is 112 cm³/mol. The molecule has 0 spiro atoms. The number of nitrogens with zero attached hydrogens (tertiary/aromatic N) is 3. The van der Waals surface area contributed by atoms with E-state index in [-0.39, 0.29) is 23.7 Å². The van der Waals surface area contributed by atoms with E-state index < -0.39 is 9.84 Å². The smallest absolute Gasteiger partial charge is 0.178 e. The molecule has 0 aliphatic heterocycles. The van der Waals surface area contributed by atoms with E-state index in [0.717, 1.165) is 22.2 Å². The summed E-state index contributed by atoms with van der Waals surface area (Å²) in [6.45, 7) is -0.157. The second-order valence-corrected chi connectivity index (χ2v) is 8.74. The van der Waals surface area contributed by atoms with Crippen LogP contribution in [0, 0.1) is 0 Å². The molecule has 0 atom stereocenters. The molecule has 0 radical (unpaired) electrons. The zero-order chi connectivity index (χ0) is 20.4. The summed E-state index contributed by atoms with van der Waals surface area (Å²) in [5.41, 5.74) is 9.44. The minimum Gasteiger partial charge on any atom is -0.396 e. The molecule has 2 heterocycles. The van der Waals surface area contributed by atoms with E-state index in [1.807, 2.05) is 41.1 Å². The van der Waals surface area contributed by atoms with Crippen LogP contribution in [0.2, 0.25) is 0 Å². The molecule has 0 fully saturated rings. The molecule has 0 amide bonds. The maximum absolute atomic E-state index is 12.3. The lowest BCUT2D eigenvalue weighted by molar-refractivity contribution is 0.295. The zero-order valence-corrected chi connectivity index (χ0v) is 16.4. The van der Waals surface area contributed by atoms with Crippen molar-refractivity contribution >= 4 is 26.7 Å². The number of aliphatic hydroxyl groups excluding tert-OH is 1. The lowest BCUT2D eigenvalue weighted by atomic mass is 10.1. The average Bonchev–Trinajstić information content (AvgIpc) is 3.14. The number of nitrogen functional groups attached to an aromatic ring is 1. The first-order chi connectivity index (χ1) is 14.0. The van der Waals surface area contributed by atoms with Gasteiger partial charge in [-0.05, 0) is 36.2 Å². The SMILES string of the molecule is Nc1ncnc2c1c(-c1ccccc1)cn2-c1ccc(S(=O)(=O)CCCO)cc1. The van der Waals surface area contributed by atoms with Gasteiger partial charge in [0.25, 0.3) is 0 Å². The Bertz CT molecular complexity index is 1250. The van der Waals surface area contributed by atoms with Crippen LogP contribution in [0.25, 0.3) is 27.8 Å². The lowest BCUT2D eigenvalue weighted by Crippen LogP contribution is -2.08. The summed E-state index contributed by atoms with van der Waals surface area (Å²) in [5.74, 6) is 0.299. The van der Waals surface area contributed by atoms with E-state index >= 15 is 0 Å². The van der Waals surface area contributed by atoms with Crippen molar-refractivity contribution in [3.8, 4) is 16.8 Å². The number of aromatic nitrogens is 3. The second kappa shape index (κ2) is 7.65. The third kappa shape index (κ3) is 3.59. The van der Waals surface area contributed by atoms with Gasteiger partial charge in [-0.15, -0.1) is 0 Å². The topological polar surface area (TPSA) is 111 Å². The highest BCUT2D eigenvalue weighted by molar-refractivity contribution is 7.91. The molecule has 4 aromatic rings. The van der Waals surface area contributed by atoms with Crippen LogP contribution in [0.3, 0.4) is 0 Å². The molecule has 0 unspecified atom stereocenters. The number of nitrogens with two attached hydrogens (primary N) is 1. The van der Waals surface area contributed by atoms with Gasteiger partial charge in [-0.3, -0.25) is 0 Å². The number of benzene rings is 2. The quantitative estimate of drug-likeness (QED) is 0.507. The first kappa shape index (κ1) is 19.1. The summed E-state index contributed by atoms with van der Waals surface area (Å²) in [6, 6.07) is 16.4. The van der Waals surface area contributed by atoms with Gasteiger partial charge in [-0.2, -0.15) is 0 Å². The Morgan fingerprint density at radius 1 is 1.00 bits per heavy atom. The fourth-order valence-electron chi connectivity index (χ4n) is 3.31. The monoisotopic (exact) mass is 408 g/mol. The maximum atomic E-state index is 12.3. The summed E-state index contributed by atoms with van der Waals surface area (Å²) in [4.78, 5) is 8.76. The van der Waals surface area contributed by atoms with Crippen LogP contribution in [0.4, 0.5) is 5.82 Å². The molecule has 0 saturated carbocycles. The average molecular weight is 408 g/mol. The van der Waals surface area contributed by atoms with E-state index in [1.54, 1.807) is 24.3 Å². The fraction of sp³-hybridized carbons (Fsp3) is 0.143. The Morgan fingerprint density at radius 3 is 2.41 bits per heavy atom. The van der Waals surface area contributed by atoms with Gasteiger partial charge in [0.05, 0.1) is 16.0 Å². The normalized spacial score (nSPS) is 11.8. The van der Waals surface area contributed by atoms with Crippen molar-refractivity contribution in [3.63, 3.8) is 0 Å². The van der Waals surface area contributed by atoms with Gasteiger partial charge in [0.15, 0.2) is 15.5 Å². The minimum absolute atomic E-state index is 0.0861. The van der Waals surface area contributed by atoms with Crippen LogP contribution >= 0.6 is 0 Å². The first-order valence-corrected chi connectivity index (χ1v) is 10.8. The van der Waals surface area contributed by atoms with Gasteiger partial charge in [-0.1, -0.05) is 30.3 Å². The Labute approximate surface area is 168 Å². The molecule has 0 saturated heterocycles. The van der Waals surface area contributed by atoms with Crippen LogP contribution in [0.15, 0.2) is 72.0 Å². The van der Waals surface area contributed by atoms with Crippen molar-refractivity contribution < 1.29 is 13.5 Å². The van der Waals surface area contributed by atoms with Crippen molar-refractivity contribution in [2.45, 2.75) is 11.3 Å². The van der Waals surface area contributed by atoms with Crippen LogP contribution in [-0.2, 0) is 9.84 Å². The molecule has 2 aromatic heterocycles. The summed E-state index contributed by atoms with van der Waals surface area (Å²) in [5, 5.41) is 9.65. The van der Waals surface area contributed by atoms with E-state index in [9.17, 15) is 8.42 Å². The molecule has 2 aromatic carbocycles. The van der Waals surface area contributed by atoms with Gasteiger partial charge in [0, 0.05) is 24.1 Å². The molecule has 3 N–H and O–H groups in total. The predicted octanol–water partition coefficient (Wildman–Crippen LogP) is 2.83. The van der Waals surface area contributed by atoms with Gasteiger partial charge in [0.2, 0.25) is 0 Å². The molecule has 7 nitrogen and oxygen atoms in total. The molecular formula is C21H20N4O3S. The summed E-state index contributed by atoms with van der Waals surface area (Å²) < 4.78 is 26.5. The number of hydrogen-bond donors (Lipinski definition) is 2. The number of rotatable bonds is 6. The Balaban J connectivity index is 1.82. The van der Waals surface area contributed by atoms with Gasteiger partial charge >= 0.3 is 0 Å². The van der Waals surface area contributed by atoms with Crippen LogP contribution < -0.4 is 5.73 Å². The molecule has 148 valence electrons. The number of aliphatic hydroxyl groups is 1. The highest BCUT2D eigenvalue weighted by Gasteiger charge is 2.17. The second-order valence-electron chi connectivity index (χ2n) is 6.63. The molecular weight excluding hydrogens is 388 g/mol. The summed E-state index contributed by atoms with van der Waals surface area (Å²) >= 11 is 0. The molecule has 8 heteroatoms. The van der Waals surface area contributed by atoms with Crippen LogP contribution in [-0.4, -0.2) is 40.4 Å². The third-order valence-corrected chi connectivity index (χ3v) is 6.56. The van der Waals surface area contributed by atoms with Crippen LogP contribution in [0.5, 0.6) is 0 Å². The summed E-state index contributed by atoms with van der Waals surface area (Å²) in [6.07, 6.45) is 3.56. The molecule has 0 aliphatic rings. The Kier molecular flexibility index (Phi) is 5.04. The number of fused-ring (bicyclic) bond motifs is 1.